The van der Waals surface area contributed by atoms with E-state index in [1.165, 1.54) is 0 Å². The van der Waals surface area contributed by atoms with Crippen LogP contribution >= 0.6 is 0 Å². The van der Waals surface area contributed by atoms with Crippen molar-refractivity contribution in [3.8, 4) is 11.5 Å². The Hall–Kier alpha value is -2.24. The average Bonchev–Trinajstić information content (AvgIpc) is 2.53. The van der Waals surface area contributed by atoms with Crippen LogP contribution in [-0.2, 0) is 4.79 Å². The molecule has 6 heteroatoms. The minimum atomic E-state index is -0.173. The largest absolute Gasteiger partial charge is 0.497 e. The Balaban J connectivity index is 1.83. The Morgan fingerprint density at radius 2 is 1.91 bits per heavy atom. The van der Waals surface area contributed by atoms with E-state index in [1.807, 2.05) is 6.07 Å². The normalized spacial score (nSPS) is 21.0. The molecule has 1 aromatic carbocycles. The van der Waals surface area contributed by atoms with E-state index in [0.29, 0.717) is 24.0 Å². The van der Waals surface area contributed by atoms with E-state index in [-0.39, 0.29) is 17.8 Å². The van der Waals surface area contributed by atoms with Crippen LogP contribution in [0.1, 0.15) is 25.7 Å². The van der Waals surface area contributed by atoms with Gasteiger partial charge in [0.05, 0.1) is 13.0 Å². The van der Waals surface area contributed by atoms with Crippen molar-refractivity contribution in [2.45, 2.75) is 25.7 Å². The Kier molecular flexibility index (Phi) is 5.63. The zero-order chi connectivity index (χ0) is 15.9. The third-order valence-electron chi connectivity index (χ3n) is 3.97. The number of benzene rings is 1. The number of nitrogens with zero attached hydrogens (tertiary/aromatic N) is 1. The van der Waals surface area contributed by atoms with Crippen molar-refractivity contribution in [2.75, 3.05) is 13.7 Å². The van der Waals surface area contributed by atoms with Gasteiger partial charge in [0.25, 0.3) is 0 Å². The van der Waals surface area contributed by atoms with Crippen LogP contribution in [0.2, 0.25) is 0 Å². The van der Waals surface area contributed by atoms with E-state index in [1.54, 1.807) is 25.3 Å². The number of carbonyl (C=O) groups excluding carboxylic acids is 1. The second kappa shape index (κ2) is 7.68. The first-order valence-electron chi connectivity index (χ1n) is 7.49. The summed E-state index contributed by atoms with van der Waals surface area (Å²) in [6, 6.07) is 7.08. The van der Waals surface area contributed by atoms with Gasteiger partial charge >= 0.3 is 5.97 Å². The van der Waals surface area contributed by atoms with Crippen LogP contribution in [0.3, 0.4) is 0 Å². The molecule has 2 rings (SSSR count). The number of nitrogens with two attached hydrogens (primary N) is 2. The minimum absolute atomic E-state index is 0.0540. The van der Waals surface area contributed by atoms with E-state index in [0.717, 1.165) is 25.7 Å². The molecule has 0 radical (unpaired) electrons. The zero-order valence-electron chi connectivity index (χ0n) is 12.8. The predicted molar refractivity (Wildman–Crippen MR) is 84.8 cm³/mol. The number of rotatable bonds is 5. The van der Waals surface area contributed by atoms with Gasteiger partial charge in [-0.15, -0.1) is 0 Å². The van der Waals surface area contributed by atoms with Crippen LogP contribution in [0.15, 0.2) is 29.3 Å². The van der Waals surface area contributed by atoms with Gasteiger partial charge < -0.3 is 20.9 Å². The van der Waals surface area contributed by atoms with Gasteiger partial charge in [0.2, 0.25) is 0 Å². The van der Waals surface area contributed by atoms with Gasteiger partial charge in [-0.2, -0.15) is 0 Å². The molecule has 0 aliphatic heterocycles. The summed E-state index contributed by atoms with van der Waals surface area (Å²) >= 11 is 0. The molecule has 1 aromatic rings. The molecule has 1 aliphatic carbocycles. The minimum Gasteiger partial charge on any atom is -0.497 e. The summed E-state index contributed by atoms with van der Waals surface area (Å²) in [5, 5.41) is 0. The molecule has 0 atom stereocenters. The molecule has 0 heterocycles. The molecule has 22 heavy (non-hydrogen) atoms. The number of carbonyl (C=O) groups is 1. The molecule has 0 saturated heterocycles. The first-order valence-corrected chi connectivity index (χ1v) is 7.49. The summed E-state index contributed by atoms with van der Waals surface area (Å²) in [6.45, 7) is 0.639. The first kappa shape index (κ1) is 16.1. The average molecular weight is 305 g/mol. The summed E-state index contributed by atoms with van der Waals surface area (Å²) in [6.07, 6.45) is 3.50. The van der Waals surface area contributed by atoms with Gasteiger partial charge in [-0.3, -0.25) is 9.79 Å². The molecule has 1 saturated carbocycles. The SMILES string of the molecule is COc1cccc(OC(=O)C2CCC(CN=C(N)N)CC2)c1. The first-order chi connectivity index (χ1) is 10.6. The number of methoxy groups -OCH3 is 1. The molecule has 0 amide bonds. The van der Waals surface area contributed by atoms with Crippen LogP contribution < -0.4 is 20.9 Å². The monoisotopic (exact) mass is 305 g/mol. The highest BCUT2D eigenvalue weighted by molar-refractivity contribution is 5.76. The Morgan fingerprint density at radius 1 is 1.23 bits per heavy atom. The second-order valence-corrected chi connectivity index (χ2v) is 5.58. The Labute approximate surface area is 130 Å². The Morgan fingerprint density at radius 3 is 2.55 bits per heavy atom. The summed E-state index contributed by atoms with van der Waals surface area (Å²) in [4.78, 5) is 16.3. The standard InChI is InChI=1S/C16H23N3O3/c1-21-13-3-2-4-14(9-13)22-15(20)12-7-5-11(6-8-12)10-19-16(17)18/h2-4,9,11-12H,5-8,10H2,1H3,(H4,17,18,19). The maximum absolute atomic E-state index is 12.2. The van der Waals surface area contributed by atoms with Gasteiger partial charge in [0.15, 0.2) is 5.96 Å². The number of ether oxygens (including phenoxy) is 2. The molecule has 6 nitrogen and oxygen atoms in total. The molecule has 120 valence electrons. The molecule has 0 unspecified atom stereocenters. The fraction of sp³-hybridized carbons (Fsp3) is 0.500. The van der Waals surface area contributed by atoms with Gasteiger partial charge in [0, 0.05) is 12.6 Å². The van der Waals surface area contributed by atoms with E-state index >= 15 is 0 Å². The molecule has 1 fully saturated rings. The molecular formula is C16H23N3O3. The second-order valence-electron chi connectivity index (χ2n) is 5.58. The maximum atomic E-state index is 12.2. The number of aliphatic imine (C=N–C) groups is 1. The van der Waals surface area contributed by atoms with Crippen molar-refractivity contribution >= 4 is 11.9 Å². The van der Waals surface area contributed by atoms with Crippen molar-refractivity contribution in [1.82, 2.24) is 0 Å². The molecule has 1 aliphatic rings. The van der Waals surface area contributed by atoms with Crippen LogP contribution in [0, 0.1) is 11.8 Å². The predicted octanol–water partition coefficient (Wildman–Crippen LogP) is 1.68. The lowest BCUT2D eigenvalue weighted by atomic mass is 9.82. The molecule has 0 aromatic heterocycles. The number of guanidine groups is 1. The molecule has 4 N–H and O–H groups in total. The van der Waals surface area contributed by atoms with Crippen molar-refractivity contribution in [2.24, 2.45) is 28.3 Å². The summed E-state index contributed by atoms with van der Waals surface area (Å²) in [7, 11) is 1.58. The van der Waals surface area contributed by atoms with Gasteiger partial charge in [-0.25, -0.2) is 0 Å². The third-order valence-corrected chi connectivity index (χ3v) is 3.97. The summed E-state index contributed by atoms with van der Waals surface area (Å²) in [5.74, 6) is 1.54. The quantitative estimate of drug-likeness (QED) is 0.373. The van der Waals surface area contributed by atoms with Crippen LogP contribution in [-0.4, -0.2) is 25.6 Å². The topological polar surface area (TPSA) is 99.9 Å². The van der Waals surface area contributed by atoms with Crippen LogP contribution in [0.5, 0.6) is 11.5 Å². The summed E-state index contributed by atoms with van der Waals surface area (Å²) in [5.41, 5.74) is 10.7. The van der Waals surface area contributed by atoms with Crippen molar-refractivity contribution < 1.29 is 14.3 Å². The van der Waals surface area contributed by atoms with Crippen molar-refractivity contribution in [3.05, 3.63) is 24.3 Å². The van der Waals surface area contributed by atoms with E-state index in [9.17, 15) is 4.79 Å². The van der Waals surface area contributed by atoms with E-state index in [4.69, 9.17) is 20.9 Å². The number of hydrogen-bond donors (Lipinski definition) is 2. The van der Waals surface area contributed by atoms with Gasteiger partial charge in [-0.1, -0.05) is 6.07 Å². The summed E-state index contributed by atoms with van der Waals surface area (Å²) < 4.78 is 10.6. The van der Waals surface area contributed by atoms with Crippen LogP contribution in [0.25, 0.3) is 0 Å². The van der Waals surface area contributed by atoms with Crippen LogP contribution in [0.4, 0.5) is 0 Å². The lowest BCUT2D eigenvalue weighted by Gasteiger charge is -2.26. The zero-order valence-corrected chi connectivity index (χ0v) is 12.8. The van der Waals surface area contributed by atoms with Crippen molar-refractivity contribution in [1.29, 1.82) is 0 Å². The van der Waals surface area contributed by atoms with Gasteiger partial charge in [0.1, 0.15) is 11.5 Å². The van der Waals surface area contributed by atoms with Gasteiger partial charge in [-0.05, 0) is 43.7 Å². The molecular weight excluding hydrogens is 282 g/mol. The smallest absolute Gasteiger partial charge is 0.314 e. The lowest BCUT2D eigenvalue weighted by Crippen LogP contribution is -2.28. The highest BCUT2D eigenvalue weighted by Crippen LogP contribution is 2.30. The van der Waals surface area contributed by atoms with E-state index in [2.05, 4.69) is 4.99 Å². The fourth-order valence-electron chi connectivity index (χ4n) is 2.68. The fourth-order valence-corrected chi connectivity index (χ4v) is 2.68. The van der Waals surface area contributed by atoms with E-state index < -0.39 is 0 Å². The Bertz CT molecular complexity index is 533. The third kappa shape index (κ3) is 4.65. The molecule has 0 spiro atoms. The molecule has 0 bridgehead atoms. The van der Waals surface area contributed by atoms with Crippen molar-refractivity contribution in [3.63, 3.8) is 0 Å². The highest BCUT2D eigenvalue weighted by atomic mass is 16.5. The number of hydrogen-bond acceptors (Lipinski definition) is 4. The number of esters is 1. The highest BCUT2D eigenvalue weighted by Gasteiger charge is 2.27. The maximum Gasteiger partial charge on any atom is 0.314 e. The lowest BCUT2D eigenvalue weighted by molar-refractivity contribution is -0.140.